The minimum atomic E-state index is -1.10. The molecule has 6 heteroatoms. The number of nitrogens with one attached hydrogen (secondary N) is 1. The fraction of sp³-hybridized carbons (Fsp3) is 0.412. The Balaban J connectivity index is 1.94. The number of aromatic nitrogens is 2. The van der Waals surface area contributed by atoms with E-state index in [9.17, 15) is 9.18 Å². The number of aromatic amines is 1. The summed E-state index contributed by atoms with van der Waals surface area (Å²) in [5, 5.41) is 16.3. The van der Waals surface area contributed by atoms with Gasteiger partial charge in [-0.25, -0.2) is 9.18 Å². The second-order valence-corrected chi connectivity index (χ2v) is 5.24. The van der Waals surface area contributed by atoms with Gasteiger partial charge in [-0.15, -0.1) is 0 Å². The predicted octanol–water partition coefficient (Wildman–Crippen LogP) is 3.38. The third-order valence-electron chi connectivity index (χ3n) is 3.73. The highest BCUT2D eigenvalue weighted by Crippen LogP contribution is 2.20. The summed E-state index contributed by atoms with van der Waals surface area (Å²) in [6, 6.07) is 3.54. The summed E-state index contributed by atoms with van der Waals surface area (Å²) in [7, 11) is 0. The number of aromatic carboxylic acids is 1. The van der Waals surface area contributed by atoms with Crippen molar-refractivity contribution < 1.29 is 19.0 Å². The van der Waals surface area contributed by atoms with Crippen LogP contribution < -0.4 is 4.74 Å². The molecular weight excluding hydrogens is 299 g/mol. The van der Waals surface area contributed by atoms with Crippen molar-refractivity contribution in [1.82, 2.24) is 10.2 Å². The lowest BCUT2D eigenvalue weighted by atomic mass is 10.0. The highest BCUT2D eigenvalue weighted by Gasteiger charge is 2.12. The van der Waals surface area contributed by atoms with Crippen LogP contribution >= 0.6 is 0 Å². The van der Waals surface area contributed by atoms with Gasteiger partial charge in [0.25, 0.3) is 0 Å². The van der Waals surface area contributed by atoms with Crippen molar-refractivity contribution in [3.63, 3.8) is 0 Å². The molecule has 0 saturated carbocycles. The maximum atomic E-state index is 13.6. The number of benzene rings is 1. The molecule has 0 aliphatic heterocycles. The number of rotatable bonds is 8. The molecule has 5 nitrogen and oxygen atoms in total. The monoisotopic (exact) mass is 320 g/mol. The first kappa shape index (κ1) is 17.0. The zero-order chi connectivity index (χ0) is 16.8. The zero-order valence-electron chi connectivity index (χ0n) is 13.4. The maximum Gasteiger partial charge on any atom is 0.335 e. The lowest BCUT2D eigenvalue weighted by Gasteiger charge is -2.09. The maximum absolute atomic E-state index is 13.6. The van der Waals surface area contributed by atoms with E-state index in [1.165, 1.54) is 17.7 Å². The highest BCUT2D eigenvalue weighted by molar-refractivity contribution is 5.88. The highest BCUT2D eigenvalue weighted by atomic mass is 19.1. The van der Waals surface area contributed by atoms with Crippen LogP contribution in [-0.4, -0.2) is 27.9 Å². The molecule has 23 heavy (non-hydrogen) atoms. The molecular formula is C17H21FN2O3. The summed E-state index contributed by atoms with van der Waals surface area (Å²) >= 11 is 0. The van der Waals surface area contributed by atoms with Crippen molar-refractivity contribution in [3.05, 3.63) is 46.5 Å². The topological polar surface area (TPSA) is 75.2 Å². The fourth-order valence-electron chi connectivity index (χ4n) is 2.50. The number of nitrogens with zero attached hydrogens (tertiary/aromatic N) is 1. The van der Waals surface area contributed by atoms with E-state index >= 15 is 0 Å². The Hall–Kier alpha value is -2.37. The molecule has 2 rings (SSSR count). The van der Waals surface area contributed by atoms with E-state index in [2.05, 4.69) is 24.0 Å². The third kappa shape index (κ3) is 4.09. The second-order valence-electron chi connectivity index (χ2n) is 5.24. The van der Waals surface area contributed by atoms with Crippen molar-refractivity contribution in [3.8, 4) is 5.75 Å². The predicted molar refractivity (Wildman–Crippen MR) is 84.5 cm³/mol. The molecule has 0 saturated heterocycles. The third-order valence-corrected chi connectivity index (χ3v) is 3.73. The number of carbonyl (C=O) groups is 1. The van der Waals surface area contributed by atoms with Crippen LogP contribution in [0.3, 0.4) is 0 Å². The van der Waals surface area contributed by atoms with Gasteiger partial charge < -0.3 is 9.84 Å². The summed E-state index contributed by atoms with van der Waals surface area (Å²) in [6.07, 6.45) is 3.25. The normalized spacial score (nSPS) is 10.7. The van der Waals surface area contributed by atoms with E-state index in [4.69, 9.17) is 9.84 Å². The van der Waals surface area contributed by atoms with E-state index < -0.39 is 11.8 Å². The molecule has 0 atom stereocenters. The Kier molecular flexibility index (Phi) is 5.73. The van der Waals surface area contributed by atoms with Gasteiger partial charge in [0.2, 0.25) is 0 Å². The average Bonchev–Trinajstić information content (AvgIpc) is 2.94. The summed E-state index contributed by atoms with van der Waals surface area (Å²) in [4.78, 5) is 10.9. The molecule has 1 aromatic carbocycles. The van der Waals surface area contributed by atoms with Crippen LogP contribution in [0, 0.1) is 5.82 Å². The lowest BCUT2D eigenvalue weighted by Crippen LogP contribution is -2.04. The number of hydrogen-bond acceptors (Lipinski definition) is 3. The number of hydrogen-bond donors (Lipinski definition) is 2. The molecule has 0 amide bonds. The van der Waals surface area contributed by atoms with E-state index in [0.717, 1.165) is 36.7 Å². The van der Waals surface area contributed by atoms with Crippen molar-refractivity contribution in [1.29, 1.82) is 0 Å². The molecule has 0 radical (unpaired) electrons. The van der Waals surface area contributed by atoms with Gasteiger partial charge in [-0.2, -0.15) is 5.10 Å². The van der Waals surface area contributed by atoms with E-state index in [1.807, 2.05) is 0 Å². The van der Waals surface area contributed by atoms with E-state index in [-0.39, 0.29) is 11.3 Å². The minimum Gasteiger partial charge on any atom is -0.490 e. The second kappa shape index (κ2) is 7.76. The molecule has 0 unspecified atom stereocenters. The van der Waals surface area contributed by atoms with Gasteiger partial charge >= 0.3 is 5.97 Å². The molecule has 1 heterocycles. The van der Waals surface area contributed by atoms with Gasteiger partial charge in [0, 0.05) is 5.69 Å². The Morgan fingerprint density at radius 3 is 2.78 bits per heavy atom. The van der Waals surface area contributed by atoms with Gasteiger partial charge in [-0.05, 0) is 49.4 Å². The first-order chi connectivity index (χ1) is 11.1. The number of H-pyrrole nitrogens is 1. The molecule has 0 aliphatic rings. The Morgan fingerprint density at radius 1 is 1.35 bits per heavy atom. The number of aryl methyl sites for hydroxylation is 2. The summed E-state index contributed by atoms with van der Waals surface area (Å²) < 4.78 is 19.0. The first-order valence-corrected chi connectivity index (χ1v) is 7.77. The SMILES string of the molecule is CCc1n[nH]c(CC)c1CCCOc1cc(C(=O)O)ccc1F. The average molecular weight is 320 g/mol. The largest absolute Gasteiger partial charge is 0.490 e. The van der Waals surface area contributed by atoms with Crippen LogP contribution in [0.1, 0.15) is 47.6 Å². The summed E-state index contributed by atoms with van der Waals surface area (Å²) in [5.74, 6) is -1.68. The van der Waals surface area contributed by atoms with E-state index in [0.29, 0.717) is 13.0 Å². The molecule has 1 aromatic heterocycles. The van der Waals surface area contributed by atoms with Crippen molar-refractivity contribution in [2.24, 2.45) is 0 Å². The molecule has 0 fully saturated rings. The van der Waals surface area contributed by atoms with Gasteiger partial charge in [0.1, 0.15) is 0 Å². The molecule has 0 spiro atoms. The molecule has 0 aliphatic carbocycles. The summed E-state index contributed by atoms with van der Waals surface area (Å²) in [6.45, 7) is 4.44. The molecule has 0 bridgehead atoms. The lowest BCUT2D eigenvalue weighted by molar-refractivity contribution is 0.0696. The fourth-order valence-corrected chi connectivity index (χ4v) is 2.50. The zero-order valence-corrected chi connectivity index (χ0v) is 13.4. The van der Waals surface area contributed by atoms with Crippen LogP contribution in [0.25, 0.3) is 0 Å². The van der Waals surface area contributed by atoms with E-state index in [1.54, 1.807) is 0 Å². The number of carboxylic acid groups (broad SMARTS) is 1. The number of carboxylic acids is 1. The molecule has 124 valence electrons. The Labute approximate surface area is 134 Å². The van der Waals surface area contributed by atoms with Crippen LogP contribution in [0.4, 0.5) is 4.39 Å². The Bertz CT molecular complexity index is 661. The van der Waals surface area contributed by atoms with Crippen molar-refractivity contribution in [2.75, 3.05) is 6.61 Å². The van der Waals surface area contributed by atoms with Gasteiger partial charge in [0.15, 0.2) is 11.6 Å². The van der Waals surface area contributed by atoms with Crippen LogP contribution in [0.5, 0.6) is 5.75 Å². The van der Waals surface area contributed by atoms with Gasteiger partial charge in [-0.1, -0.05) is 13.8 Å². The summed E-state index contributed by atoms with van der Waals surface area (Å²) in [5.41, 5.74) is 3.40. The van der Waals surface area contributed by atoms with Crippen molar-refractivity contribution >= 4 is 5.97 Å². The molecule has 2 aromatic rings. The van der Waals surface area contributed by atoms with Crippen LogP contribution in [-0.2, 0) is 19.3 Å². The minimum absolute atomic E-state index is 0.0118. The quantitative estimate of drug-likeness (QED) is 0.731. The van der Waals surface area contributed by atoms with Crippen molar-refractivity contribution in [2.45, 2.75) is 39.5 Å². The van der Waals surface area contributed by atoms with Crippen LogP contribution in [0.15, 0.2) is 18.2 Å². The number of halogens is 1. The van der Waals surface area contributed by atoms with Gasteiger partial charge in [0.05, 0.1) is 17.9 Å². The smallest absolute Gasteiger partial charge is 0.335 e. The van der Waals surface area contributed by atoms with Crippen LogP contribution in [0.2, 0.25) is 0 Å². The first-order valence-electron chi connectivity index (χ1n) is 7.77. The number of ether oxygens (including phenoxy) is 1. The van der Waals surface area contributed by atoms with Gasteiger partial charge in [-0.3, -0.25) is 5.10 Å². The standard InChI is InChI=1S/C17H21FN2O3/c1-3-14-12(15(4-2)20-19-14)6-5-9-23-16-10-11(17(21)22)7-8-13(16)18/h7-8,10H,3-6,9H2,1-2H3,(H,19,20)(H,21,22). The Morgan fingerprint density at radius 2 is 2.13 bits per heavy atom. The molecule has 2 N–H and O–H groups in total.